The second kappa shape index (κ2) is 19.9. The number of likely N-dealkylation sites (tertiary alicyclic amines) is 2. The summed E-state index contributed by atoms with van der Waals surface area (Å²) in [4.78, 5) is 4.87. The molecule has 2 aliphatic heterocycles. The molecule has 2 aliphatic carbocycles. The molecule has 0 aromatic heterocycles. The van der Waals surface area contributed by atoms with Gasteiger partial charge in [0.05, 0.1) is 66.1 Å². The summed E-state index contributed by atoms with van der Waals surface area (Å²) in [6.45, 7) is 5.04. The maximum Gasteiger partial charge on any atom is 0.160 e. The molecule has 0 bridgehead atoms. The minimum absolute atomic E-state index is 0.158. The highest BCUT2D eigenvalue weighted by atomic mass is 16.5. The van der Waals surface area contributed by atoms with Gasteiger partial charge in [0.15, 0.2) is 23.0 Å². The number of methoxy groups -OCH3 is 4. The third kappa shape index (κ3) is 10.7. The summed E-state index contributed by atoms with van der Waals surface area (Å²) in [7, 11) is 6.63. The van der Waals surface area contributed by atoms with E-state index in [1.165, 1.54) is 49.7 Å². The van der Waals surface area contributed by atoms with Gasteiger partial charge in [0.2, 0.25) is 0 Å². The highest BCUT2D eigenvalue weighted by molar-refractivity contribution is 5.43. The van der Waals surface area contributed by atoms with Gasteiger partial charge in [0, 0.05) is 38.3 Å². The molecule has 0 unspecified atom stereocenters. The van der Waals surface area contributed by atoms with Gasteiger partial charge in [-0.25, -0.2) is 0 Å². The Morgan fingerprint density at radius 2 is 0.940 bits per heavy atom. The van der Waals surface area contributed by atoms with Crippen molar-refractivity contribution >= 4 is 0 Å². The summed E-state index contributed by atoms with van der Waals surface area (Å²) in [5.74, 6) is 3.04. The molecule has 0 amide bonds. The number of ether oxygens (including phenoxy) is 6. The molecule has 280 valence electrons. The fraction of sp³-hybridized carbons (Fsp3) is 0.700. The van der Waals surface area contributed by atoms with Gasteiger partial charge in [-0.3, -0.25) is 9.80 Å². The molecular weight excluding hydrogens is 636 g/mol. The number of rotatable bonds is 14. The lowest BCUT2D eigenvalue weighted by Gasteiger charge is -2.37. The van der Waals surface area contributed by atoms with Crippen molar-refractivity contribution in [1.29, 1.82) is 0 Å². The average Bonchev–Trinajstić information content (AvgIpc) is 3.79. The van der Waals surface area contributed by atoms with E-state index in [2.05, 4.69) is 21.9 Å². The standard InChI is InChI=1S/2C20H31NO4/c2*1-23-19-8-7-15(13-20(19)24-2)10-12-25-18-6-4-3-5-17(18)21-11-9-16(22)14-21/h2*7-8,13,16-18,22H,3-6,9-12,14H2,1-2H3/t2*16-,17-,18-/m11/s1. The predicted octanol–water partition coefficient (Wildman–Crippen LogP) is 5.28. The smallest absolute Gasteiger partial charge is 0.160 e. The number of aliphatic hydroxyl groups excluding tert-OH is 2. The maximum atomic E-state index is 9.83. The SMILES string of the molecule is COc1ccc(CCO[C@@H]2CCCC[C@H]2N2CC[C@@H](O)C2)cc1OC.COc1ccc(CCO[C@@H]2CCCC[C@H]2N2CC[C@@H](O)C2)cc1OC. The minimum Gasteiger partial charge on any atom is -0.493 e. The van der Waals surface area contributed by atoms with Crippen molar-refractivity contribution in [3.05, 3.63) is 47.5 Å². The average molecular weight is 699 g/mol. The number of aliphatic hydroxyl groups is 2. The normalized spacial score (nSPS) is 27.4. The van der Waals surface area contributed by atoms with Crippen LogP contribution in [0.25, 0.3) is 0 Å². The zero-order valence-corrected chi connectivity index (χ0v) is 30.9. The number of benzene rings is 2. The largest absolute Gasteiger partial charge is 0.493 e. The van der Waals surface area contributed by atoms with Gasteiger partial charge >= 0.3 is 0 Å². The maximum absolute atomic E-state index is 9.83. The first-order valence-electron chi connectivity index (χ1n) is 18.9. The van der Waals surface area contributed by atoms with Crippen LogP contribution in [0.15, 0.2) is 36.4 Å². The van der Waals surface area contributed by atoms with Gasteiger partial charge in [0.25, 0.3) is 0 Å². The summed E-state index contributed by atoms with van der Waals surface area (Å²) >= 11 is 0. The first kappa shape index (κ1) is 38.6. The molecule has 2 saturated carbocycles. The van der Waals surface area contributed by atoms with E-state index >= 15 is 0 Å². The first-order valence-corrected chi connectivity index (χ1v) is 18.9. The Bertz CT molecular complexity index is 1200. The van der Waals surface area contributed by atoms with Crippen LogP contribution < -0.4 is 18.9 Å². The summed E-state index contributed by atoms with van der Waals surface area (Å²) in [6, 6.07) is 13.0. The van der Waals surface area contributed by atoms with Crippen LogP contribution >= 0.6 is 0 Å². The van der Waals surface area contributed by atoms with Crippen LogP contribution in [0, 0.1) is 0 Å². The van der Waals surface area contributed by atoms with Crippen molar-refractivity contribution < 1.29 is 38.6 Å². The molecule has 50 heavy (non-hydrogen) atoms. The van der Waals surface area contributed by atoms with Crippen molar-refractivity contribution in [2.24, 2.45) is 0 Å². The van der Waals surface area contributed by atoms with Crippen molar-refractivity contribution in [3.8, 4) is 23.0 Å². The predicted molar refractivity (Wildman–Crippen MR) is 195 cm³/mol. The molecule has 6 rings (SSSR count). The van der Waals surface area contributed by atoms with E-state index in [1.54, 1.807) is 28.4 Å². The van der Waals surface area contributed by atoms with Crippen LogP contribution in [0.3, 0.4) is 0 Å². The van der Waals surface area contributed by atoms with Crippen molar-refractivity contribution in [3.63, 3.8) is 0 Å². The summed E-state index contributed by atoms with van der Waals surface area (Å²) < 4.78 is 33.9. The molecule has 10 heteroatoms. The van der Waals surface area contributed by atoms with Crippen molar-refractivity contribution in [1.82, 2.24) is 9.80 Å². The lowest BCUT2D eigenvalue weighted by atomic mass is 9.91. The van der Waals surface area contributed by atoms with E-state index in [1.807, 2.05) is 24.3 Å². The van der Waals surface area contributed by atoms with E-state index in [0.29, 0.717) is 37.5 Å². The summed E-state index contributed by atoms with van der Waals surface area (Å²) in [5.41, 5.74) is 2.39. The van der Waals surface area contributed by atoms with Crippen molar-refractivity contribution in [2.75, 3.05) is 67.8 Å². The Labute approximate surface area is 299 Å². The lowest BCUT2D eigenvalue weighted by molar-refractivity contribution is -0.0317. The molecule has 2 saturated heterocycles. The van der Waals surface area contributed by atoms with E-state index in [4.69, 9.17) is 28.4 Å². The number of nitrogens with zero attached hydrogens (tertiary/aromatic N) is 2. The van der Waals surface area contributed by atoms with Gasteiger partial charge < -0.3 is 38.6 Å². The third-order valence-electron chi connectivity index (χ3n) is 11.0. The molecule has 10 nitrogen and oxygen atoms in total. The Kier molecular flexibility index (Phi) is 15.3. The number of hydrogen-bond acceptors (Lipinski definition) is 10. The Morgan fingerprint density at radius 1 is 0.540 bits per heavy atom. The zero-order chi connectivity index (χ0) is 35.3. The van der Waals surface area contributed by atoms with E-state index in [0.717, 1.165) is 87.7 Å². The zero-order valence-electron chi connectivity index (χ0n) is 30.9. The van der Waals surface area contributed by atoms with Gasteiger partial charge in [0.1, 0.15) is 0 Å². The molecule has 0 radical (unpaired) electrons. The molecule has 2 aromatic rings. The topological polar surface area (TPSA) is 102 Å². The van der Waals surface area contributed by atoms with Gasteiger partial charge in [-0.05, 0) is 86.8 Å². The van der Waals surface area contributed by atoms with E-state index in [9.17, 15) is 10.2 Å². The van der Waals surface area contributed by atoms with Crippen LogP contribution in [-0.4, -0.2) is 124 Å². The van der Waals surface area contributed by atoms with Crippen LogP contribution in [0.2, 0.25) is 0 Å². The Hall–Kier alpha value is -2.60. The van der Waals surface area contributed by atoms with Crippen LogP contribution in [0.4, 0.5) is 0 Å². The highest BCUT2D eigenvalue weighted by Gasteiger charge is 2.35. The summed E-state index contributed by atoms with van der Waals surface area (Å²) in [5, 5.41) is 19.7. The fourth-order valence-electron chi connectivity index (χ4n) is 8.25. The Morgan fingerprint density at radius 3 is 1.30 bits per heavy atom. The quantitative estimate of drug-likeness (QED) is 0.271. The molecule has 2 aromatic carbocycles. The van der Waals surface area contributed by atoms with Crippen LogP contribution in [0.5, 0.6) is 23.0 Å². The third-order valence-corrected chi connectivity index (χ3v) is 11.0. The Balaban J connectivity index is 0.000000194. The first-order chi connectivity index (χ1) is 24.4. The molecule has 2 heterocycles. The second-order valence-corrected chi connectivity index (χ2v) is 14.3. The number of β-amino-alcohol motifs (C(OH)–C–C–N with tert-alkyl or cyclic N) is 2. The fourth-order valence-corrected chi connectivity index (χ4v) is 8.25. The lowest BCUT2D eigenvalue weighted by Crippen LogP contribution is -2.46. The molecule has 0 spiro atoms. The summed E-state index contributed by atoms with van der Waals surface area (Å²) in [6.07, 6.45) is 13.5. The monoisotopic (exact) mass is 698 g/mol. The second-order valence-electron chi connectivity index (χ2n) is 14.3. The molecular formula is C40H62N2O8. The molecule has 4 fully saturated rings. The van der Waals surface area contributed by atoms with Gasteiger partial charge in [-0.1, -0.05) is 37.8 Å². The van der Waals surface area contributed by atoms with Gasteiger partial charge in [-0.2, -0.15) is 0 Å². The minimum atomic E-state index is -0.158. The van der Waals surface area contributed by atoms with Crippen LogP contribution in [0.1, 0.15) is 75.3 Å². The van der Waals surface area contributed by atoms with E-state index < -0.39 is 0 Å². The van der Waals surface area contributed by atoms with Crippen LogP contribution in [-0.2, 0) is 22.3 Å². The van der Waals surface area contributed by atoms with E-state index in [-0.39, 0.29) is 12.2 Å². The van der Waals surface area contributed by atoms with Crippen molar-refractivity contribution in [2.45, 2.75) is 114 Å². The molecule has 4 aliphatic rings. The molecule has 6 atom stereocenters. The highest BCUT2D eigenvalue weighted by Crippen LogP contribution is 2.32. The van der Waals surface area contributed by atoms with Gasteiger partial charge in [-0.15, -0.1) is 0 Å². The number of hydrogen-bond donors (Lipinski definition) is 2. The molecule has 2 N–H and O–H groups in total.